The first kappa shape index (κ1) is 17.4. The van der Waals surface area contributed by atoms with Crippen molar-refractivity contribution in [2.45, 2.75) is 13.0 Å². The molecule has 0 unspecified atom stereocenters. The van der Waals surface area contributed by atoms with Crippen molar-refractivity contribution in [3.63, 3.8) is 0 Å². The van der Waals surface area contributed by atoms with Gasteiger partial charge in [0.05, 0.1) is 17.9 Å². The third kappa shape index (κ3) is 3.45. The molecule has 0 atom stereocenters. The number of hydrogen-bond donors (Lipinski definition) is 2. The van der Waals surface area contributed by atoms with Gasteiger partial charge in [0.25, 0.3) is 5.91 Å². The fraction of sp³-hybridized carbons (Fsp3) is 0.190. The molecule has 3 aromatic heterocycles. The number of nitrogens with one attached hydrogen (secondary N) is 2. The van der Waals surface area contributed by atoms with Gasteiger partial charge in [-0.3, -0.25) is 14.5 Å². The molecule has 1 aliphatic heterocycles. The summed E-state index contributed by atoms with van der Waals surface area (Å²) in [5, 5.41) is 15.2. The van der Waals surface area contributed by atoms with Gasteiger partial charge >= 0.3 is 0 Å². The van der Waals surface area contributed by atoms with E-state index in [4.69, 9.17) is 0 Å². The largest absolute Gasteiger partial charge is 0.312 e. The van der Waals surface area contributed by atoms with Crippen LogP contribution in [0.25, 0.3) is 22.2 Å². The molecule has 8 nitrogen and oxygen atoms in total. The molecule has 0 saturated heterocycles. The number of benzene rings is 1. The number of carbonyl (C=O) groups is 1. The topological polar surface area (TPSA) is 97.6 Å². The van der Waals surface area contributed by atoms with Gasteiger partial charge in [-0.15, -0.1) is 5.10 Å². The highest BCUT2D eigenvalue weighted by Gasteiger charge is 2.13. The number of pyridine rings is 2. The predicted octanol–water partition coefficient (Wildman–Crippen LogP) is 2.32. The number of nitrogens with zero attached hydrogens (tertiary/aromatic N) is 5. The molecule has 0 spiro atoms. The van der Waals surface area contributed by atoms with Crippen LogP contribution in [-0.2, 0) is 20.0 Å². The van der Waals surface area contributed by atoms with Gasteiger partial charge in [-0.25, -0.2) is 4.98 Å². The van der Waals surface area contributed by atoms with Gasteiger partial charge in [-0.1, -0.05) is 11.3 Å². The second-order valence-corrected chi connectivity index (χ2v) is 7.13. The molecular weight excluding hydrogens is 366 g/mol. The Morgan fingerprint density at radius 2 is 2.07 bits per heavy atom. The first-order chi connectivity index (χ1) is 14.2. The first-order valence-electron chi connectivity index (χ1n) is 9.42. The fourth-order valence-corrected chi connectivity index (χ4v) is 3.53. The summed E-state index contributed by atoms with van der Waals surface area (Å²) in [6.45, 7) is 1.77. The van der Waals surface area contributed by atoms with Gasteiger partial charge in [0.2, 0.25) is 0 Å². The molecule has 0 aliphatic carbocycles. The minimum atomic E-state index is -0.178. The summed E-state index contributed by atoms with van der Waals surface area (Å²) in [6, 6.07) is 9.64. The first-order valence-corrected chi connectivity index (χ1v) is 9.42. The Labute approximate surface area is 167 Å². The number of rotatable bonds is 3. The SMILES string of the molecule is Cn1cc(-c2cnc3cnc(NC(=O)c4ccc5c(c4)CNCC5)cc3c2)nn1. The number of carbonyl (C=O) groups excluding carboxylic acids is 1. The van der Waals surface area contributed by atoms with E-state index in [0.717, 1.165) is 41.7 Å². The van der Waals surface area contributed by atoms with Crippen molar-refractivity contribution in [1.82, 2.24) is 30.3 Å². The molecule has 0 fully saturated rings. The molecule has 2 N–H and O–H groups in total. The van der Waals surface area contributed by atoms with Crippen molar-refractivity contribution in [1.29, 1.82) is 0 Å². The Hall–Kier alpha value is -3.65. The maximum Gasteiger partial charge on any atom is 0.256 e. The second kappa shape index (κ2) is 7.06. The molecular formula is C21H19N7O. The number of fused-ring (bicyclic) bond motifs is 2. The van der Waals surface area contributed by atoms with Crippen LogP contribution in [0.4, 0.5) is 5.82 Å². The molecule has 0 radical (unpaired) electrons. The lowest BCUT2D eigenvalue weighted by molar-refractivity contribution is 0.102. The van der Waals surface area contributed by atoms with E-state index in [0.29, 0.717) is 11.4 Å². The van der Waals surface area contributed by atoms with E-state index in [1.165, 1.54) is 11.1 Å². The minimum absolute atomic E-state index is 0.178. The standard InChI is InChI=1S/C21H19N7O/c1-28-12-19(26-27-28)17-7-15-8-20(24-11-18(15)23-10-17)25-21(29)14-3-2-13-4-5-22-9-16(13)6-14/h2-3,6-8,10-12,22H,4-5,9H2,1H3,(H,24,25,29). The third-order valence-corrected chi connectivity index (χ3v) is 5.06. The van der Waals surface area contributed by atoms with E-state index in [1.54, 1.807) is 17.1 Å². The maximum atomic E-state index is 12.7. The van der Waals surface area contributed by atoms with E-state index in [1.807, 2.05) is 43.6 Å². The molecule has 29 heavy (non-hydrogen) atoms. The van der Waals surface area contributed by atoms with Crippen molar-refractivity contribution in [3.8, 4) is 11.3 Å². The lowest BCUT2D eigenvalue weighted by Gasteiger charge is -2.17. The Balaban J connectivity index is 1.42. The third-order valence-electron chi connectivity index (χ3n) is 5.06. The summed E-state index contributed by atoms with van der Waals surface area (Å²) >= 11 is 0. The summed E-state index contributed by atoms with van der Waals surface area (Å²) in [6.07, 6.45) is 6.22. The van der Waals surface area contributed by atoms with Crippen LogP contribution in [0.1, 0.15) is 21.5 Å². The second-order valence-electron chi connectivity index (χ2n) is 7.13. The lowest BCUT2D eigenvalue weighted by atomic mass is 9.98. The Bertz CT molecular complexity index is 1230. The van der Waals surface area contributed by atoms with Crippen molar-refractivity contribution < 1.29 is 4.79 Å². The van der Waals surface area contributed by atoms with Gasteiger partial charge in [0, 0.05) is 36.3 Å². The molecule has 8 heteroatoms. The van der Waals surface area contributed by atoms with Crippen LogP contribution in [0.5, 0.6) is 0 Å². The van der Waals surface area contributed by atoms with Gasteiger partial charge in [0.1, 0.15) is 11.5 Å². The van der Waals surface area contributed by atoms with Crippen LogP contribution < -0.4 is 10.6 Å². The van der Waals surface area contributed by atoms with Crippen LogP contribution in [-0.4, -0.2) is 37.4 Å². The van der Waals surface area contributed by atoms with Gasteiger partial charge in [-0.05, 0) is 48.4 Å². The molecule has 4 aromatic rings. The van der Waals surface area contributed by atoms with Crippen LogP contribution in [0, 0.1) is 0 Å². The summed E-state index contributed by atoms with van der Waals surface area (Å²) < 4.78 is 1.64. The molecule has 1 amide bonds. The average Bonchev–Trinajstić information content (AvgIpc) is 3.19. The number of anilines is 1. The summed E-state index contributed by atoms with van der Waals surface area (Å²) in [4.78, 5) is 21.5. The summed E-state index contributed by atoms with van der Waals surface area (Å²) in [7, 11) is 1.82. The van der Waals surface area contributed by atoms with E-state index < -0.39 is 0 Å². The summed E-state index contributed by atoms with van der Waals surface area (Å²) in [5.74, 6) is 0.305. The molecule has 1 aliphatic rings. The summed E-state index contributed by atoms with van der Waals surface area (Å²) in [5.41, 5.74) is 5.44. The average molecular weight is 385 g/mol. The fourth-order valence-electron chi connectivity index (χ4n) is 3.53. The van der Waals surface area contributed by atoms with Crippen molar-refractivity contribution in [2.75, 3.05) is 11.9 Å². The highest BCUT2D eigenvalue weighted by molar-refractivity contribution is 6.04. The van der Waals surface area contributed by atoms with Crippen LogP contribution in [0.2, 0.25) is 0 Å². The smallest absolute Gasteiger partial charge is 0.256 e. The van der Waals surface area contributed by atoms with Gasteiger partial charge in [0.15, 0.2) is 0 Å². The number of aryl methyl sites for hydroxylation is 1. The van der Waals surface area contributed by atoms with Crippen molar-refractivity contribution >= 4 is 22.6 Å². The van der Waals surface area contributed by atoms with Crippen molar-refractivity contribution in [3.05, 3.63) is 65.6 Å². The molecule has 0 saturated carbocycles. The van der Waals surface area contributed by atoms with E-state index in [-0.39, 0.29) is 5.91 Å². The predicted molar refractivity (Wildman–Crippen MR) is 109 cm³/mol. The van der Waals surface area contributed by atoms with E-state index in [2.05, 4.69) is 30.9 Å². The van der Waals surface area contributed by atoms with Crippen LogP contribution >= 0.6 is 0 Å². The zero-order chi connectivity index (χ0) is 19.8. The Morgan fingerprint density at radius 1 is 1.14 bits per heavy atom. The molecule has 5 rings (SSSR count). The van der Waals surface area contributed by atoms with Crippen molar-refractivity contribution in [2.24, 2.45) is 7.05 Å². The maximum absolute atomic E-state index is 12.7. The normalized spacial score (nSPS) is 13.3. The molecule has 144 valence electrons. The van der Waals surface area contributed by atoms with Gasteiger partial charge < -0.3 is 10.6 Å². The Morgan fingerprint density at radius 3 is 2.93 bits per heavy atom. The monoisotopic (exact) mass is 385 g/mol. The van der Waals surface area contributed by atoms with Crippen LogP contribution in [0.15, 0.2) is 48.9 Å². The Kier molecular flexibility index (Phi) is 4.25. The minimum Gasteiger partial charge on any atom is -0.312 e. The van der Waals surface area contributed by atoms with E-state index in [9.17, 15) is 4.79 Å². The molecule has 4 heterocycles. The lowest BCUT2D eigenvalue weighted by Crippen LogP contribution is -2.24. The van der Waals surface area contributed by atoms with Gasteiger partial charge in [-0.2, -0.15) is 0 Å². The number of hydrogen-bond acceptors (Lipinski definition) is 6. The quantitative estimate of drug-likeness (QED) is 0.562. The molecule has 1 aromatic carbocycles. The highest BCUT2D eigenvalue weighted by atomic mass is 16.1. The number of amides is 1. The van der Waals surface area contributed by atoms with E-state index >= 15 is 0 Å². The molecule has 0 bridgehead atoms. The van der Waals surface area contributed by atoms with Crippen LogP contribution in [0.3, 0.4) is 0 Å². The zero-order valence-electron chi connectivity index (χ0n) is 15.9. The highest BCUT2D eigenvalue weighted by Crippen LogP contribution is 2.22. The zero-order valence-corrected chi connectivity index (χ0v) is 15.9. The number of aromatic nitrogens is 5.